The van der Waals surface area contributed by atoms with Gasteiger partial charge in [0.05, 0.1) is 7.11 Å². The van der Waals surface area contributed by atoms with Crippen molar-refractivity contribution in [3.05, 3.63) is 11.8 Å². The fourth-order valence-electron chi connectivity index (χ4n) is 0.755. The molecule has 0 fully saturated rings. The molecule has 1 heterocycles. The van der Waals surface area contributed by atoms with E-state index in [1.807, 2.05) is 0 Å². The summed E-state index contributed by atoms with van der Waals surface area (Å²) >= 11 is 0. The smallest absolute Gasteiger partial charge is 0.316 e. The molecule has 5 heteroatoms. The van der Waals surface area contributed by atoms with Crippen molar-refractivity contribution in [3.63, 3.8) is 0 Å². The number of hydrogen-bond donors (Lipinski definition) is 1. The van der Waals surface area contributed by atoms with Crippen LogP contribution in [0.4, 0.5) is 0 Å². The number of carboxylic acid groups (broad SMARTS) is 1. The highest BCUT2D eigenvalue weighted by Crippen LogP contribution is 2.26. The number of aromatic nitrogens is 1. The van der Waals surface area contributed by atoms with Crippen molar-refractivity contribution >= 4 is 5.97 Å². The van der Waals surface area contributed by atoms with Gasteiger partial charge in [0.25, 0.3) is 5.88 Å². The standard InChI is InChI=1S/C8H11NO4/c1-8(2,7(10)11)5-4-6(12-3)9-13-5/h4H,1-3H3,(H,10,11). The van der Waals surface area contributed by atoms with Crippen LogP contribution in [0.5, 0.6) is 5.88 Å². The summed E-state index contributed by atoms with van der Waals surface area (Å²) < 4.78 is 9.60. The van der Waals surface area contributed by atoms with Gasteiger partial charge in [0, 0.05) is 6.07 Å². The summed E-state index contributed by atoms with van der Waals surface area (Å²) in [6.07, 6.45) is 0. The van der Waals surface area contributed by atoms with Gasteiger partial charge in [0.15, 0.2) is 5.76 Å². The van der Waals surface area contributed by atoms with Crippen LogP contribution in [0.15, 0.2) is 10.6 Å². The lowest BCUT2D eigenvalue weighted by Crippen LogP contribution is -2.27. The third-order valence-corrected chi connectivity index (χ3v) is 1.85. The molecule has 0 aliphatic rings. The lowest BCUT2D eigenvalue weighted by atomic mass is 9.91. The maximum absolute atomic E-state index is 10.8. The average Bonchev–Trinajstić information content (AvgIpc) is 2.51. The van der Waals surface area contributed by atoms with E-state index in [-0.39, 0.29) is 11.6 Å². The van der Waals surface area contributed by atoms with Gasteiger partial charge in [0.2, 0.25) is 0 Å². The zero-order valence-electron chi connectivity index (χ0n) is 7.70. The molecule has 0 saturated carbocycles. The Hall–Kier alpha value is -1.52. The van der Waals surface area contributed by atoms with Crippen LogP contribution in [0.1, 0.15) is 19.6 Å². The van der Waals surface area contributed by atoms with Gasteiger partial charge in [-0.15, -0.1) is 0 Å². The number of ether oxygens (including phenoxy) is 1. The molecule has 0 amide bonds. The summed E-state index contributed by atoms with van der Waals surface area (Å²) in [7, 11) is 1.44. The van der Waals surface area contributed by atoms with Crippen LogP contribution in [0.25, 0.3) is 0 Å². The molecule has 0 unspecified atom stereocenters. The molecular weight excluding hydrogens is 174 g/mol. The van der Waals surface area contributed by atoms with Crippen molar-refractivity contribution in [2.45, 2.75) is 19.3 Å². The molecule has 72 valence electrons. The molecular formula is C8H11NO4. The van der Waals surface area contributed by atoms with E-state index < -0.39 is 11.4 Å². The van der Waals surface area contributed by atoms with Crippen molar-refractivity contribution in [2.24, 2.45) is 0 Å². The van der Waals surface area contributed by atoms with Crippen molar-refractivity contribution in [1.82, 2.24) is 5.16 Å². The lowest BCUT2D eigenvalue weighted by molar-refractivity contribution is -0.143. The molecule has 0 radical (unpaired) electrons. The summed E-state index contributed by atoms with van der Waals surface area (Å²) in [6, 6.07) is 1.47. The molecule has 1 aromatic heterocycles. The Balaban J connectivity index is 3.00. The fraction of sp³-hybridized carbons (Fsp3) is 0.500. The predicted molar refractivity (Wildman–Crippen MR) is 43.7 cm³/mol. The van der Waals surface area contributed by atoms with E-state index in [2.05, 4.69) is 5.16 Å². The molecule has 0 bridgehead atoms. The summed E-state index contributed by atoms with van der Waals surface area (Å²) in [5, 5.41) is 12.4. The molecule has 0 aliphatic carbocycles. The van der Waals surface area contributed by atoms with E-state index in [1.165, 1.54) is 27.0 Å². The van der Waals surface area contributed by atoms with Crippen molar-refractivity contribution in [3.8, 4) is 5.88 Å². The predicted octanol–water partition coefficient (Wildman–Crippen LogP) is 1.05. The second-order valence-electron chi connectivity index (χ2n) is 3.16. The van der Waals surface area contributed by atoms with Crippen LogP contribution in [0, 0.1) is 0 Å². The molecule has 0 aliphatic heterocycles. The van der Waals surface area contributed by atoms with Gasteiger partial charge in [-0.05, 0) is 19.0 Å². The normalized spacial score (nSPS) is 11.3. The Bertz CT molecular complexity index is 316. The highest BCUT2D eigenvalue weighted by molar-refractivity contribution is 5.79. The third-order valence-electron chi connectivity index (χ3n) is 1.85. The first-order valence-corrected chi connectivity index (χ1v) is 3.73. The molecule has 5 nitrogen and oxygen atoms in total. The molecule has 0 spiro atoms. The Morgan fingerprint density at radius 3 is 2.69 bits per heavy atom. The number of nitrogens with zero attached hydrogens (tertiary/aromatic N) is 1. The minimum absolute atomic E-state index is 0.275. The molecule has 1 N–H and O–H groups in total. The van der Waals surface area contributed by atoms with E-state index in [9.17, 15) is 4.79 Å². The Morgan fingerprint density at radius 2 is 2.31 bits per heavy atom. The SMILES string of the molecule is COc1cc(C(C)(C)C(=O)O)on1. The number of aliphatic carboxylic acids is 1. The summed E-state index contributed by atoms with van der Waals surface area (Å²) in [5.41, 5.74) is -1.08. The average molecular weight is 185 g/mol. The highest BCUT2D eigenvalue weighted by Gasteiger charge is 2.34. The summed E-state index contributed by atoms with van der Waals surface area (Å²) in [5.74, 6) is -0.410. The second kappa shape index (κ2) is 3.08. The molecule has 0 aromatic carbocycles. The first-order valence-electron chi connectivity index (χ1n) is 3.73. The van der Waals surface area contributed by atoms with Crippen molar-refractivity contribution in [1.29, 1.82) is 0 Å². The largest absolute Gasteiger partial charge is 0.481 e. The van der Waals surface area contributed by atoms with Crippen LogP contribution in [-0.4, -0.2) is 23.3 Å². The third kappa shape index (κ3) is 1.63. The molecule has 1 aromatic rings. The second-order valence-corrected chi connectivity index (χ2v) is 3.16. The van der Waals surface area contributed by atoms with Gasteiger partial charge in [0.1, 0.15) is 5.41 Å². The Kier molecular flexibility index (Phi) is 2.27. The number of hydrogen-bond acceptors (Lipinski definition) is 4. The zero-order chi connectivity index (χ0) is 10.1. The Morgan fingerprint density at radius 1 is 1.69 bits per heavy atom. The quantitative estimate of drug-likeness (QED) is 0.761. The fourth-order valence-corrected chi connectivity index (χ4v) is 0.755. The van der Waals surface area contributed by atoms with Crippen LogP contribution < -0.4 is 4.74 Å². The molecule has 0 atom stereocenters. The number of rotatable bonds is 3. The van der Waals surface area contributed by atoms with Crippen molar-refractivity contribution in [2.75, 3.05) is 7.11 Å². The lowest BCUT2D eigenvalue weighted by Gasteiger charge is -2.13. The van der Waals surface area contributed by atoms with Gasteiger partial charge in [-0.3, -0.25) is 4.79 Å². The van der Waals surface area contributed by atoms with Crippen LogP contribution in [-0.2, 0) is 10.2 Å². The van der Waals surface area contributed by atoms with Crippen molar-refractivity contribution < 1.29 is 19.2 Å². The van der Waals surface area contributed by atoms with E-state index >= 15 is 0 Å². The van der Waals surface area contributed by atoms with Crippen LogP contribution >= 0.6 is 0 Å². The number of carboxylic acids is 1. The van der Waals surface area contributed by atoms with Gasteiger partial charge in [-0.2, -0.15) is 0 Å². The number of carbonyl (C=O) groups is 1. The maximum Gasteiger partial charge on any atom is 0.316 e. The first kappa shape index (κ1) is 9.57. The van der Waals surface area contributed by atoms with Crippen LogP contribution in [0.2, 0.25) is 0 Å². The minimum atomic E-state index is -1.08. The monoisotopic (exact) mass is 185 g/mol. The molecule has 13 heavy (non-hydrogen) atoms. The van der Waals surface area contributed by atoms with E-state index in [0.29, 0.717) is 0 Å². The maximum atomic E-state index is 10.8. The Labute approximate surface area is 75.3 Å². The topological polar surface area (TPSA) is 72.6 Å². The van der Waals surface area contributed by atoms with E-state index in [1.54, 1.807) is 0 Å². The first-order chi connectivity index (χ1) is 5.98. The highest BCUT2D eigenvalue weighted by atomic mass is 16.5. The zero-order valence-corrected chi connectivity index (χ0v) is 7.70. The molecule has 1 rings (SSSR count). The summed E-state index contributed by atoms with van der Waals surface area (Å²) in [6.45, 7) is 3.07. The minimum Gasteiger partial charge on any atom is -0.481 e. The molecule has 0 saturated heterocycles. The van der Waals surface area contributed by atoms with E-state index in [4.69, 9.17) is 14.4 Å². The van der Waals surface area contributed by atoms with Gasteiger partial charge >= 0.3 is 5.97 Å². The summed E-state index contributed by atoms with van der Waals surface area (Å²) in [4.78, 5) is 10.8. The van der Waals surface area contributed by atoms with E-state index in [0.717, 1.165) is 0 Å². The van der Waals surface area contributed by atoms with Gasteiger partial charge in [-0.1, -0.05) is 0 Å². The van der Waals surface area contributed by atoms with Gasteiger partial charge < -0.3 is 14.4 Å². The van der Waals surface area contributed by atoms with Gasteiger partial charge in [-0.25, -0.2) is 0 Å². The van der Waals surface area contributed by atoms with Crippen LogP contribution in [0.3, 0.4) is 0 Å². The number of methoxy groups -OCH3 is 1.